The smallest absolute Gasteiger partial charge is 0.242 e. The van der Waals surface area contributed by atoms with Gasteiger partial charge in [0, 0.05) is 36.5 Å². The summed E-state index contributed by atoms with van der Waals surface area (Å²) in [6, 6.07) is 7.09. The minimum Gasteiger partial charge on any atom is -0.361 e. The van der Waals surface area contributed by atoms with Crippen LogP contribution in [0.3, 0.4) is 0 Å². The Kier molecular flexibility index (Phi) is 6.07. The maximum absolute atomic E-state index is 12.3. The van der Waals surface area contributed by atoms with Gasteiger partial charge in [-0.2, -0.15) is 0 Å². The quantitative estimate of drug-likeness (QED) is 0.409. The van der Waals surface area contributed by atoms with Crippen molar-refractivity contribution in [1.82, 2.24) is 15.6 Å². The van der Waals surface area contributed by atoms with Crippen molar-refractivity contribution in [2.45, 2.75) is 18.9 Å². The van der Waals surface area contributed by atoms with Crippen molar-refractivity contribution in [3.05, 3.63) is 36.0 Å². The number of aromatic amines is 1. The first kappa shape index (κ1) is 16.9. The molecule has 2 amide bonds. The number of rotatable bonds is 7. The number of alkyl halides is 1. The topological polar surface area (TPSA) is 74.0 Å². The lowest BCUT2D eigenvalue weighted by molar-refractivity contribution is -0.127. The molecular formula is C17H18ClN3O2. The normalized spacial score (nSPS) is 11.7. The number of nitrogens with one attached hydrogen (secondary N) is 3. The van der Waals surface area contributed by atoms with E-state index in [2.05, 4.69) is 21.5 Å². The van der Waals surface area contributed by atoms with Crippen LogP contribution in [0.1, 0.15) is 12.0 Å². The van der Waals surface area contributed by atoms with Crippen molar-refractivity contribution in [3.8, 4) is 12.3 Å². The third kappa shape index (κ3) is 4.51. The van der Waals surface area contributed by atoms with Crippen LogP contribution in [0.25, 0.3) is 10.9 Å². The molecule has 1 unspecified atom stereocenters. The van der Waals surface area contributed by atoms with Crippen LogP contribution in [0.2, 0.25) is 0 Å². The van der Waals surface area contributed by atoms with Crippen molar-refractivity contribution in [2.75, 3.05) is 12.4 Å². The lowest BCUT2D eigenvalue weighted by Crippen LogP contribution is -2.48. The van der Waals surface area contributed by atoms with Crippen LogP contribution >= 0.6 is 11.6 Å². The molecule has 1 atom stereocenters. The zero-order chi connectivity index (χ0) is 16.7. The summed E-state index contributed by atoms with van der Waals surface area (Å²) in [7, 11) is 0. The van der Waals surface area contributed by atoms with E-state index in [0.29, 0.717) is 19.4 Å². The monoisotopic (exact) mass is 331 g/mol. The Morgan fingerprint density at radius 3 is 2.87 bits per heavy atom. The van der Waals surface area contributed by atoms with Gasteiger partial charge in [-0.25, -0.2) is 0 Å². The first-order chi connectivity index (χ1) is 11.2. The van der Waals surface area contributed by atoms with Gasteiger partial charge < -0.3 is 15.6 Å². The molecular weight excluding hydrogens is 314 g/mol. The zero-order valence-corrected chi connectivity index (χ0v) is 13.3. The van der Waals surface area contributed by atoms with Gasteiger partial charge in [-0.15, -0.1) is 23.9 Å². The Morgan fingerprint density at radius 1 is 1.35 bits per heavy atom. The molecule has 1 aromatic carbocycles. The highest BCUT2D eigenvalue weighted by Crippen LogP contribution is 2.19. The van der Waals surface area contributed by atoms with E-state index in [0.717, 1.165) is 16.5 Å². The molecule has 0 aliphatic rings. The predicted octanol–water partition coefficient (Wildman–Crippen LogP) is 1.57. The minimum atomic E-state index is -0.696. The molecule has 2 aromatic rings. The summed E-state index contributed by atoms with van der Waals surface area (Å²) in [4.78, 5) is 27.0. The number of para-hydroxylation sites is 1. The van der Waals surface area contributed by atoms with Gasteiger partial charge in [-0.1, -0.05) is 18.2 Å². The first-order valence-electron chi connectivity index (χ1n) is 7.27. The second kappa shape index (κ2) is 8.25. The van der Waals surface area contributed by atoms with Crippen LogP contribution in [0.4, 0.5) is 0 Å². The Balaban J connectivity index is 2.14. The summed E-state index contributed by atoms with van der Waals surface area (Å²) in [6.07, 6.45) is 7.83. The van der Waals surface area contributed by atoms with E-state index in [-0.39, 0.29) is 17.7 Å². The van der Waals surface area contributed by atoms with Gasteiger partial charge in [-0.3, -0.25) is 9.59 Å². The fraction of sp³-hybridized carbons (Fsp3) is 0.294. The molecule has 1 aromatic heterocycles. The standard InChI is InChI=1S/C17H18ClN3O2/c1-2-3-8-19-17(23)15(21-16(22)10-18)9-12-11-20-14-7-5-4-6-13(12)14/h1,4-7,11,15,20H,3,8-10H2,(H,19,23)(H,21,22). The molecule has 23 heavy (non-hydrogen) atoms. The van der Waals surface area contributed by atoms with Crippen molar-refractivity contribution in [1.29, 1.82) is 0 Å². The Morgan fingerprint density at radius 2 is 2.13 bits per heavy atom. The van der Waals surface area contributed by atoms with Crippen molar-refractivity contribution < 1.29 is 9.59 Å². The summed E-state index contributed by atoms with van der Waals surface area (Å²) in [6.45, 7) is 0.371. The lowest BCUT2D eigenvalue weighted by Gasteiger charge is -2.17. The van der Waals surface area contributed by atoms with Crippen molar-refractivity contribution in [3.63, 3.8) is 0 Å². The number of amides is 2. The number of carbonyl (C=O) groups excluding carboxylic acids is 2. The van der Waals surface area contributed by atoms with E-state index in [1.165, 1.54) is 0 Å². The van der Waals surface area contributed by atoms with E-state index in [1.54, 1.807) is 0 Å². The Hall–Kier alpha value is -2.45. The summed E-state index contributed by atoms with van der Waals surface area (Å²) >= 11 is 5.53. The van der Waals surface area contributed by atoms with Crippen LogP contribution in [-0.2, 0) is 16.0 Å². The largest absolute Gasteiger partial charge is 0.361 e. The molecule has 0 spiro atoms. The SMILES string of the molecule is C#CCCNC(=O)C(Cc1c[nH]c2ccccc12)NC(=O)CCl. The maximum Gasteiger partial charge on any atom is 0.242 e. The van der Waals surface area contributed by atoms with E-state index in [1.807, 2.05) is 30.5 Å². The average Bonchev–Trinajstić information content (AvgIpc) is 2.97. The van der Waals surface area contributed by atoms with Crippen LogP contribution in [0.5, 0.6) is 0 Å². The zero-order valence-electron chi connectivity index (χ0n) is 12.6. The Labute approximate surface area is 139 Å². The first-order valence-corrected chi connectivity index (χ1v) is 7.80. The van der Waals surface area contributed by atoms with Crippen LogP contribution in [0, 0.1) is 12.3 Å². The second-order valence-corrected chi connectivity index (χ2v) is 5.33. The molecule has 0 aliphatic carbocycles. The Bertz CT molecular complexity index is 733. The summed E-state index contributed by atoms with van der Waals surface area (Å²) < 4.78 is 0. The van der Waals surface area contributed by atoms with E-state index < -0.39 is 6.04 Å². The molecule has 0 bridgehead atoms. The van der Waals surface area contributed by atoms with E-state index in [9.17, 15) is 9.59 Å². The number of fused-ring (bicyclic) bond motifs is 1. The van der Waals surface area contributed by atoms with Gasteiger partial charge >= 0.3 is 0 Å². The summed E-state index contributed by atoms with van der Waals surface area (Å²) in [5.74, 6) is 1.60. The summed E-state index contributed by atoms with van der Waals surface area (Å²) in [5.41, 5.74) is 1.94. The molecule has 3 N–H and O–H groups in total. The third-order valence-electron chi connectivity index (χ3n) is 3.44. The van der Waals surface area contributed by atoms with E-state index in [4.69, 9.17) is 18.0 Å². The molecule has 0 radical (unpaired) electrons. The molecule has 0 saturated heterocycles. The highest BCUT2D eigenvalue weighted by Gasteiger charge is 2.21. The number of halogens is 1. The number of benzene rings is 1. The molecule has 5 nitrogen and oxygen atoms in total. The number of carbonyl (C=O) groups is 2. The van der Waals surface area contributed by atoms with Gasteiger partial charge in [0.1, 0.15) is 11.9 Å². The number of hydrogen-bond donors (Lipinski definition) is 3. The maximum atomic E-state index is 12.3. The number of aromatic nitrogens is 1. The molecule has 0 aliphatic heterocycles. The molecule has 6 heteroatoms. The van der Waals surface area contributed by atoms with Gasteiger partial charge in [0.15, 0.2) is 0 Å². The molecule has 2 rings (SSSR count). The molecule has 0 fully saturated rings. The molecule has 0 saturated carbocycles. The predicted molar refractivity (Wildman–Crippen MR) is 91.1 cm³/mol. The fourth-order valence-electron chi connectivity index (χ4n) is 2.34. The number of hydrogen-bond acceptors (Lipinski definition) is 2. The van der Waals surface area contributed by atoms with Crippen LogP contribution in [-0.4, -0.2) is 35.3 Å². The van der Waals surface area contributed by atoms with Crippen LogP contribution in [0.15, 0.2) is 30.5 Å². The lowest BCUT2D eigenvalue weighted by atomic mass is 10.0. The van der Waals surface area contributed by atoms with Crippen LogP contribution < -0.4 is 10.6 Å². The second-order valence-electron chi connectivity index (χ2n) is 5.06. The fourth-order valence-corrected chi connectivity index (χ4v) is 2.42. The highest BCUT2D eigenvalue weighted by atomic mass is 35.5. The van der Waals surface area contributed by atoms with Gasteiger partial charge in [0.2, 0.25) is 11.8 Å². The van der Waals surface area contributed by atoms with Gasteiger partial charge in [-0.05, 0) is 11.6 Å². The summed E-state index contributed by atoms with van der Waals surface area (Å²) in [5, 5.41) is 6.39. The van der Waals surface area contributed by atoms with Crippen molar-refractivity contribution in [2.24, 2.45) is 0 Å². The van der Waals surface area contributed by atoms with Crippen molar-refractivity contribution >= 4 is 34.3 Å². The molecule has 1 heterocycles. The number of terminal acetylenes is 1. The van der Waals surface area contributed by atoms with E-state index >= 15 is 0 Å². The van der Waals surface area contributed by atoms with Gasteiger partial charge in [0.25, 0.3) is 0 Å². The van der Waals surface area contributed by atoms with Gasteiger partial charge in [0.05, 0.1) is 0 Å². The highest BCUT2D eigenvalue weighted by molar-refractivity contribution is 6.27. The average molecular weight is 332 g/mol. The third-order valence-corrected chi connectivity index (χ3v) is 3.68. The minimum absolute atomic E-state index is 0.192. The molecule has 120 valence electrons. The number of H-pyrrole nitrogens is 1.